The van der Waals surface area contributed by atoms with Crippen molar-refractivity contribution >= 4 is 38.7 Å². The van der Waals surface area contributed by atoms with E-state index < -0.39 is 15.1 Å². The average Bonchev–Trinajstić information content (AvgIpc) is 2.83. The van der Waals surface area contributed by atoms with Gasteiger partial charge in [-0.3, -0.25) is 4.79 Å². The molecule has 0 aromatic carbocycles. The lowest BCUT2D eigenvalue weighted by atomic mass is 10.4. The zero-order valence-corrected chi connectivity index (χ0v) is 11.6. The molecule has 0 N–H and O–H groups in total. The summed E-state index contributed by atoms with van der Waals surface area (Å²) in [5.41, 5.74) is 0. The average molecular weight is 294 g/mol. The molecule has 1 amide bonds. The van der Waals surface area contributed by atoms with E-state index in [9.17, 15) is 13.2 Å². The standard InChI is InChI=1S/C10H12ClNO3S2/c1-17(14,15)7-4-5-12(6-7)10(13)8-2-3-9(11)16-8/h2-3,7H,4-6H2,1H3/t7-/m0/s1. The van der Waals surface area contributed by atoms with Crippen LogP contribution in [0.15, 0.2) is 12.1 Å². The van der Waals surface area contributed by atoms with Crippen LogP contribution in [0.3, 0.4) is 0 Å². The minimum absolute atomic E-state index is 0.131. The lowest BCUT2D eigenvalue weighted by Crippen LogP contribution is -2.31. The van der Waals surface area contributed by atoms with Crippen molar-refractivity contribution < 1.29 is 13.2 Å². The number of likely N-dealkylation sites (tertiary alicyclic amines) is 1. The van der Waals surface area contributed by atoms with Crippen molar-refractivity contribution in [1.29, 1.82) is 0 Å². The zero-order valence-electron chi connectivity index (χ0n) is 9.22. The van der Waals surface area contributed by atoms with Gasteiger partial charge in [-0.1, -0.05) is 11.6 Å². The number of nitrogens with zero attached hydrogens (tertiary/aromatic N) is 1. The minimum atomic E-state index is -3.06. The lowest BCUT2D eigenvalue weighted by molar-refractivity contribution is 0.0798. The van der Waals surface area contributed by atoms with Crippen molar-refractivity contribution in [2.75, 3.05) is 19.3 Å². The van der Waals surface area contributed by atoms with Crippen LogP contribution in [-0.2, 0) is 9.84 Å². The highest BCUT2D eigenvalue weighted by molar-refractivity contribution is 7.91. The number of rotatable bonds is 2. The van der Waals surface area contributed by atoms with Crippen LogP contribution in [0.4, 0.5) is 0 Å². The smallest absolute Gasteiger partial charge is 0.264 e. The molecule has 4 nitrogen and oxygen atoms in total. The van der Waals surface area contributed by atoms with E-state index in [1.165, 1.54) is 17.6 Å². The molecular weight excluding hydrogens is 282 g/mol. The molecule has 0 aliphatic carbocycles. The van der Waals surface area contributed by atoms with Gasteiger partial charge in [0.15, 0.2) is 9.84 Å². The van der Waals surface area contributed by atoms with Gasteiger partial charge in [0, 0.05) is 19.3 Å². The van der Waals surface area contributed by atoms with Gasteiger partial charge in [0.25, 0.3) is 5.91 Å². The summed E-state index contributed by atoms with van der Waals surface area (Å²) < 4.78 is 23.3. The van der Waals surface area contributed by atoms with Crippen LogP contribution >= 0.6 is 22.9 Å². The molecule has 1 fully saturated rings. The monoisotopic (exact) mass is 293 g/mol. The van der Waals surface area contributed by atoms with Crippen LogP contribution in [0, 0.1) is 0 Å². The number of carbonyl (C=O) groups is 1. The predicted molar refractivity (Wildman–Crippen MR) is 68.5 cm³/mol. The highest BCUT2D eigenvalue weighted by Gasteiger charge is 2.33. The lowest BCUT2D eigenvalue weighted by Gasteiger charge is -2.14. The number of carbonyl (C=O) groups excluding carboxylic acids is 1. The number of hydrogen-bond donors (Lipinski definition) is 0. The molecule has 1 atom stereocenters. The van der Waals surface area contributed by atoms with Gasteiger partial charge in [-0.05, 0) is 18.6 Å². The molecule has 1 saturated heterocycles. The first-order valence-corrected chi connectivity index (χ1v) is 8.26. The SMILES string of the molecule is CS(=O)(=O)[C@H]1CCN(C(=O)c2ccc(Cl)s2)C1. The largest absolute Gasteiger partial charge is 0.337 e. The van der Waals surface area contributed by atoms with Crippen LogP contribution in [-0.4, -0.2) is 43.8 Å². The van der Waals surface area contributed by atoms with E-state index in [1.54, 1.807) is 17.0 Å². The van der Waals surface area contributed by atoms with Gasteiger partial charge in [-0.15, -0.1) is 11.3 Å². The molecule has 1 aromatic heterocycles. The van der Waals surface area contributed by atoms with Crippen LogP contribution in [0.1, 0.15) is 16.1 Å². The van der Waals surface area contributed by atoms with Gasteiger partial charge in [-0.25, -0.2) is 8.42 Å². The van der Waals surface area contributed by atoms with Gasteiger partial charge in [0.2, 0.25) is 0 Å². The Hall–Kier alpha value is -0.590. The summed E-state index contributed by atoms with van der Waals surface area (Å²) in [4.78, 5) is 14.2. The first-order chi connectivity index (χ1) is 7.88. The van der Waals surface area contributed by atoms with Crippen LogP contribution in [0.25, 0.3) is 0 Å². The van der Waals surface area contributed by atoms with E-state index in [4.69, 9.17) is 11.6 Å². The second kappa shape index (κ2) is 4.59. The molecule has 2 rings (SSSR count). The van der Waals surface area contributed by atoms with Gasteiger partial charge < -0.3 is 4.90 Å². The van der Waals surface area contributed by atoms with E-state index in [-0.39, 0.29) is 12.5 Å². The molecule has 0 radical (unpaired) electrons. The molecule has 1 aromatic rings. The molecule has 1 aliphatic heterocycles. The first-order valence-electron chi connectivity index (χ1n) is 5.11. The third-order valence-electron chi connectivity index (χ3n) is 2.82. The summed E-state index contributed by atoms with van der Waals surface area (Å²) in [6.07, 6.45) is 1.73. The Labute approximate surface area is 109 Å². The Morgan fingerprint density at radius 3 is 2.71 bits per heavy atom. The van der Waals surface area contributed by atoms with Gasteiger partial charge >= 0.3 is 0 Å². The van der Waals surface area contributed by atoms with E-state index in [0.717, 1.165) is 0 Å². The van der Waals surface area contributed by atoms with E-state index in [0.29, 0.717) is 22.2 Å². The van der Waals surface area contributed by atoms with Crippen LogP contribution in [0.2, 0.25) is 4.34 Å². The fourth-order valence-electron chi connectivity index (χ4n) is 1.85. The molecule has 17 heavy (non-hydrogen) atoms. The maximum atomic E-state index is 12.0. The molecule has 0 bridgehead atoms. The Balaban J connectivity index is 2.09. The molecule has 0 unspecified atom stereocenters. The van der Waals surface area contributed by atoms with Gasteiger partial charge in [-0.2, -0.15) is 0 Å². The van der Waals surface area contributed by atoms with Crippen LogP contribution in [0.5, 0.6) is 0 Å². The number of halogens is 1. The highest BCUT2D eigenvalue weighted by atomic mass is 35.5. The molecule has 1 aliphatic rings. The van der Waals surface area contributed by atoms with Crippen molar-refractivity contribution in [2.45, 2.75) is 11.7 Å². The topological polar surface area (TPSA) is 54.5 Å². The van der Waals surface area contributed by atoms with Crippen molar-refractivity contribution in [2.24, 2.45) is 0 Å². The number of thiophene rings is 1. The third-order valence-corrected chi connectivity index (χ3v) is 5.64. The molecule has 94 valence electrons. The maximum Gasteiger partial charge on any atom is 0.264 e. The summed E-state index contributed by atoms with van der Waals surface area (Å²) >= 11 is 6.98. The molecule has 2 heterocycles. The number of hydrogen-bond acceptors (Lipinski definition) is 4. The normalized spacial score (nSPS) is 20.8. The van der Waals surface area contributed by atoms with Gasteiger partial charge in [0.1, 0.15) is 0 Å². The Bertz CT molecular complexity index is 538. The predicted octanol–water partition coefficient (Wildman–Crippen LogP) is 1.66. The third kappa shape index (κ3) is 2.81. The first kappa shape index (κ1) is 12.9. The maximum absolute atomic E-state index is 12.0. The zero-order chi connectivity index (χ0) is 12.6. The Morgan fingerprint density at radius 1 is 1.53 bits per heavy atom. The Kier molecular flexibility index (Phi) is 3.47. The minimum Gasteiger partial charge on any atom is -0.337 e. The quantitative estimate of drug-likeness (QED) is 0.833. The summed E-state index contributed by atoms with van der Waals surface area (Å²) in [6, 6.07) is 3.34. The van der Waals surface area contributed by atoms with E-state index >= 15 is 0 Å². The fourth-order valence-corrected chi connectivity index (χ4v) is 3.84. The molecule has 7 heteroatoms. The fraction of sp³-hybridized carbons (Fsp3) is 0.500. The molecular formula is C10H12ClNO3S2. The second-order valence-electron chi connectivity index (χ2n) is 4.10. The summed E-state index contributed by atoms with van der Waals surface area (Å²) in [6.45, 7) is 0.777. The summed E-state index contributed by atoms with van der Waals surface area (Å²) in [5.74, 6) is -0.131. The summed E-state index contributed by atoms with van der Waals surface area (Å²) in [5, 5.41) is -0.429. The second-order valence-corrected chi connectivity index (χ2v) is 8.14. The highest BCUT2D eigenvalue weighted by Crippen LogP contribution is 2.25. The number of sulfone groups is 1. The van der Waals surface area contributed by atoms with Crippen molar-refractivity contribution in [3.63, 3.8) is 0 Å². The number of amides is 1. The van der Waals surface area contributed by atoms with Crippen LogP contribution < -0.4 is 0 Å². The van der Waals surface area contributed by atoms with E-state index in [2.05, 4.69) is 0 Å². The summed E-state index contributed by atoms with van der Waals surface area (Å²) in [7, 11) is -3.06. The van der Waals surface area contributed by atoms with Gasteiger partial charge in [0.05, 0.1) is 14.5 Å². The molecule has 0 spiro atoms. The van der Waals surface area contributed by atoms with Crippen molar-refractivity contribution in [1.82, 2.24) is 4.90 Å². The van der Waals surface area contributed by atoms with Crippen molar-refractivity contribution in [3.05, 3.63) is 21.3 Å². The molecule has 0 saturated carbocycles. The van der Waals surface area contributed by atoms with E-state index in [1.807, 2.05) is 0 Å². The Morgan fingerprint density at radius 2 is 2.24 bits per heavy atom. The van der Waals surface area contributed by atoms with Crippen molar-refractivity contribution in [3.8, 4) is 0 Å².